The first-order valence-corrected chi connectivity index (χ1v) is 6.06. The van der Waals surface area contributed by atoms with Gasteiger partial charge >= 0.3 is 12.1 Å². The third kappa shape index (κ3) is 3.11. The zero-order valence-electron chi connectivity index (χ0n) is 10.7. The molecule has 5 nitrogen and oxygen atoms in total. The van der Waals surface area contributed by atoms with Gasteiger partial charge in [-0.15, -0.1) is 0 Å². The fraction of sp³-hybridized carbons (Fsp3) is 0.833. The van der Waals surface area contributed by atoms with Crippen LogP contribution < -0.4 is 0 Å². The Hall–Kier alpha value is -1.26. The maximum Gasteiger partial charge on any atom is 0.409 e. The first-order chi connectivity index (χ1) is 7.91. The molecule has 1 aliphatic heterocycles. The first kappa shape index (κ1) is 13.8. The summed E-state index contributed by atoms with van der Waals surface area (Å²) in [4.78, 5) is 24.4. The average Bonchev–Trinajstić information content (AvgIpc) is 2.71. The summed E-state index contributed by atoms with van der Waals surface area (Å²) in [6.45, 7) is 6.88. The van der Waals surface area contributed by atoms with Gasteiger partial charge in [-0.25, -0.2) is 4.79 Å². The van der Waals surface area contributed by atoms with Gasteiger partial charge in [0.1, 0.15) is 0 Å². The highest BCUT2D eigenvalue weighted by Gasteiger charge is 2.45. The highest BCUT2D eigenvalue weighted by atomic mass is 16.6. The number of amides is 1. The molecule has 1 aliphatic rings. The van der Waals surface area contributed by atoms with Crippen molar-refractivity contribution in [3.8, 4) is 0 Å². The second-order valence-corrected chi connectivity index (χ2v) is 5.08. The van der Waals surface area contributed by atoms with Crippen LogP contribution in [0.25, 0.3) is 0 Å². The molecular weight excluding hydrogens is 222 g/mol. The van der Waals surface area contributed by atoms with E-state index >= 15 is 0 Å². The van der Waals surface area contributed by atoms with Crippen LogP contribution in [0.2, 0.25) is 0 Å². The molecule has 0 saturated carbocycles. The summed E-state index contributed by atoms with van der Waals surface area (Å²) in [6, 6.07) is 0. The molecule has 1 fully saturated rings. The number of nitrogens with zero attached hydrogens (tertiary/aromatic N) is 1. The van der Waals surface area contributed by atoms with Gasteiger partial charge in [0.05, 0.1) is 12.0 Å². The van der Waals surface area contributed by atoms with Gasteiger partial charge in [-0.1, -0.05) is 20.8 Å². The van der Waals surface area contributed by atoms with E-state index in [0.29, 0.717) is 26.0 Å². The van der Waals surface area contributed by atoms with Crippen LogP contribution >= 0.6 is 0 Å². The third-order valence-electron chi connectivity index (χ3n) is 3.28. The van der Waals surface area contributed by atoms with Gasteiger partial charge in [-0.3, -0.25) is 4.79 Å². The molecule has 1 heterocycles. The largest absolute Gasteiger partial charge is 0.481 e. The van der Waals surface area contributed by atoms with Gasteiger partial charge in [-0.2, -0.15) is 0 Å². The summed E-state index contributed by atoms with van der Waals surface area (Å²) in [7, 11) is 0. The highest BCUT2D eigenvalue weighted by molar-refractivity contribution is 5.77. The standard InChI is InChI=1S/C12H21NO4/c1-4-12(10(14)15)5-6-13(8-12)11(16)17-7-9(2)3/h9H,4-8H2,1-3H3,(H,14,15). The summed E-state index contributed by atoms with van der Waals surface area (Å²) in [5, 5.41) is 9.20. The van der Waals surface area contributed by atoms with Crippen LogP contribution in [-0.2, 0) is 9.53 Å². The van der Waals surface area contributed by atoms with E-state index in [4.69, 9.17) is 4.74 Å². The fourth-order valence-corrected chi connectivity index (χ4v) is 1.97. The Morgan fingerprint density at radius 3 is 2.53 bits per heavy atom. The molecule has 0 radical (unpaired) electrons. The summed E-state index contributed by atoms with van der Waals surface area (Å²) < 4.78 is 5.10. The topological polar surface area (TPSA) is 66.8 Å². The van der Waals surface area contributed by atoms with Crippen molar-refractivity contribution in [2.75, 3.05) is 19.7 Å². The lowest BCUT2D eigenvalue weighted by Gasteiger charge is -2.22. The second kappa shape index (κ2) is 5.38. The number of aliphatic carboxylic acids is 1. The van der Waals surface area contributed by atoms with E-state index in [1.807, 2.05) is 20.8 Å². The maximum atomic E-state index is 11.7. The Morgan fingerprint density at radius 1 is 1.47 bits per heavy atom. The molecule has 0 aromatic heterocycles. The van der Waals surface area contributed by atoms with Crippen LogP contribution in [0, 0.1) is 11.3 Å². The molecule has 17 heavy (non-hydrogen) atoms. The Bertz CT molecular complexity index is 303. The number of hydrogen-bond donors (Lipinski definition) is 1. The Labute approximate surface area is 102 Å². The summed E-state index contributed by atoms with van der Waals surface area (Å²) in [6.07, 6.45) is 0.654. The zero-order chi connectivity index (χ0) is 13.1. The predicted molar refractivity (Wildman–Crippen MR) is 62.7 cm³/mol. The van der Waals surface area contributed by atoms with E-state index in [1.54, 1.807) is 0 Å². The van der Waals surface area contributed by atoms with Gasteiger partial charge in [0.25, 0.3) is 0 Å². The van der Waals surface area contributed by atoms with E-state index in [1.165, 1.54) is 4.90 Å². The van der Waals surface area contributed by atoms with Gasteiger partial charge in [0, 0.05) is 13.1 Å². The van der Waals surface area contributed by atoms with Crippen LogP contribution in [0.4, 0.5) is 4.79 Å². The zero-order valence-corrected chi connectivity index (χ0v) is 10.7. The van der Waals surface area contributed by atoms with Crippen molar-refractivity contribution in [2.45, 2.75) is 33.6 Å². The van der Waals surface area contributed by atoms with Crippen LogP contribution in [0.1, 0.15) is 33.6 Å². The van der Waals surface area contributed by atoms with Gasteiger partial charge in [0.15, 0.2) is 0 Å². The van der Waals surface area contributed by atoms with Gasteiger partial charge in [-0.05, 0) is 18.8 Å². The number of carboxylic acids is 1. The molecule has 1 amide bonds. The number of likely N-dealkylation sites (tertiary alicyclic amines) is 1. The number of ether oxygens (including phenoxy) is 1. The lowest BCUT2D eigenvalue weighted by atomic mass is 9.84. The number of carboxylic acid groups (broad SMARTS) is 1. The van der Waals surface area contributed by atoms with Gasteiger partial charge in [0.2, 0.25) is 0 Å². The quantitative estimate of drug-likeness (QED) is 0.819. The third-order valence-corrected chi connectivity index (χ3v) is 3.28. The van der Waals surface area contributed by atoms with Crippen LogP contribution in [0.5, 0.6) is 0 Å². The van der Waals surface area contributed by atoms with Crippen molar-refractivity contribution in [1.29, 1.82) is 0 Å². The summed E-state index contributed by atoms with van der Waals surface area (Å²) in [5.74, 6) is -0.531. The molecule has 1 atom stereocenters. The molecule has 5 heteroatoms. The van der Waals surface area contributed by atoms with E-state index in [9.17, 15) is 14.7 Å². The highest BCUT2D eigenvalue weighted by Crippen LogP contribution is 2.34. The molecular formula is C12H21NO4. The number of hydrogen-bond acceptors (Lipinski definition) is 3. The molecule has 0 aromatic rings. The molecule has 0 spiro atoms. The van der Waals surface area contributed by atoms with Crippen molar-refractivity contribution in [3.05, 3.63) is 0 Å². The molecule has 1 unspecified atom stereocenters. The molecule has 98 valence electrons. The van der Waals surface area contributed by atoms with Crippen LogP contribution in [0.3, 0.4) is 0 Å². The predicted octanol–water partition coefficient (Wildman–Crippen LogP) is 1.97. The smallest absolute Gasteiger partial charge is 0.409 e. The number of carbonyl (C=O) groups is 2. The van der Waals surface area contributed by atoms with Crippen molar-refractivity contribution in [2.24, 2.45) is 11.3 Å². The molecule has 1 rings (SSSR count). The Morgan fingerprint density at radius 2 is 2.12 bits per heavy atom. The lowest BCUT2D eigenvalue weighted by molar-refractivity contribution is -0.148. The molecule has 1 saturated heterocycles. The van der Waals surface area contributed by atoms with E-state index in [0.717, 1.165) is 0 Å². The van der Waals surface area contributed by atoms with Gasteiger partial charge < -0.3 is 14.7 Å². The van der Waals surface area contributed by atoms with E-state index in [-0.39, 0.29) is 12.5 Å². The second-order valence-electron chi connectivity index (χ2n) is 5.08. The summed E-state index contributed by atoms with van der Waals surface area (Å²) in [5.41, 5.74) is -0.781. The lowest BCUT2D eigenvalue weighted by Crippen LogP contribution is -2.37. The van der Waals surface area contributed by atoms with Crippen molar-refractivity contribution in [3.63, 3.8) is 0 Å². The van der Waals surface area contributed by atoms with Crippen LogP contribution in [0.15, 0.2) is 0 Å². The molecule has 0 aromatic carbocycles. The van der Waals surface area contributed by atoms with Crippen LogP contribution in [-0.4, -0.2) is 41.8 Å². The minimum Gasteiger partial charge on any atom is -0.481 e. The average molecular weight is 243 g/mol. The first-order valence-electron chi connectivity index (χ1n) is 6.06. The normalized spacial score (nSPS) is 24.1. The summed E-state index contributed by atoms with van der Waals surface area (Å²) >= 11 is 0. The monoisotopic (exact) mass is 243 g/mol. The molecule has 0 bridgehead atoms. The Balaban J connectivity index is 2.54. The van der Waals surface area contributed by atoms with Crippen molar-refractivity contribution < 1.29 is 19.4 Å². The minimum absolute atomic E-state index is 0.260. The van der Waals surface area contributed by atoms with Crippen molar-refractivity contribution in [1.82, 2.24) is 4.90 Å². The molecule has 1 N–H and O–H groups in total. The molecule has 0 aliphatic carbocycles. The van der Waals surface area contributed by atoms with Crippen molar-refractivity contribution >= 4 is 12.1 Å². The minimum atomic E-state index is -0.820. The number of rotatable bonds is 4. The maximum absolute atomic E-state index is 11.7. The Kier molecular flexibility index (Phi) is 4.37. The van der Waals surface area contributed by atoms with E-state index < -0.39 is 17.5 Å². The SMILES string of the molecule is CCC1(C(=O)O)CCN(C(=O)OCC(C)C)C1. The van der Waals surface area contributed by atoms with E-state index in [2.05, 4.69) is 0 Å². The fourth-order valence-electron chi connectivity index (χ4n) is 1.97. The number of carbonyl (C=O) groups excluding carboxylic acids is 1.